The van der Waals surface area contributed by atoms with E-state index in [9.17, 15) is 0 Å². The summed E-state index contributed by atoms with van der Waals surface area (Å²) >= 11 is 6.00. The maximum Gasteiger partial charge on any atom is 0.124 e. The third-order valence-corrected chi connectivity index (χ3v) is 3.49. The number of para-hydroxylation sites is 1. The molecule has 0 aliphatic rings. The van der Waals surface area contributed by atoms with Gasteiger partial charge in [-0.25, -0.2) is 4.98 Å². The van der Waals surface area contributed by atoms with Crippen LogP contribution < -0.4 is 0 Å². The molecule has 4 nitrogen and oxygen atoms in total. The first kappa shape index (κ1) is 14.3. The Hall–Kier alpha value is -1.10. The number of aryl methyl sites for hydroxylation is 1. The second kappa shape index (κ2) is 6.37. The lowest BCUT2D eigenvalue weighted by atomic mass is 10.2. The summed E-state index contributed by atoms with van der Waals surface area (Å²) in [6.45, 7) is 3.29. The number of fused-ring (bicyclic) bond motifs is 1. The molecule has 0 saturated heterocycles. The molecule has 1 aromatic heterocycles. The first-order valence-electron chi connectivity index (χ1n) is 6.23. The molecule has 19 heavy (non-hydrogen) atoms. The van der Waals surface area contributed by atoms with Crippen molar-refractivity contribution in [1.29, 1.82) is 0 Å². The number of imidazole rings is 1. The van der Waals surface area contributed by atoms with Crippen LogP contribution in [0.3, 0.4) is 0 Å². The molecule has 0 fully saturated rings. The normalized spacial score (nSPS) is 13.1. The molecular weight excluding hydrogens is 264 g/mol. The first-order valence-corrected chi connectivity index (χ1v) is 6.77. The molecule has 104 valence electrons. The van der Waals surface area contributed by atoms with Gasteiger partial charge in [0.2, 0.25) is 0 Å². The molecule has 5 heteroatoms. The van der Waals surface area contributed by atoms with E-state index < -0.39 is 0 Å². The number of benzene rings is 1. The molecule has 0 radical (unpaired) electrons. The number of hydrogen-bond acceptors (Lipinski definition) is 3. The zero-order valence-electron chi connectivity index (χ0n) is 11.5. The molecule has 1 atom stereocenters. The third kappa shape index (κ3) is 2.91. The first-order chi connectivity index (χ1) is 9.21. The van der Waals surface area contributed by atoms with E-state index in [0.717, 1.165) is 22.4 Å². The van der Waals surface area contributed by atoms with Gasteiger partial charge in [0.25, 0.3) is 0 Å². The van der Waals surface area contributed by atoms with Crippen LogP contribution >= 0.6 is 11.6 Å². The van der Waals surface area contributed by atoms with Gasteiger partial charge in [-0.05, 0) is 18.6 Å². The van der Waals surface area contributed by atoms with Crippen LogP contribution in [0.1, 0.15) is 11.4 Å². The Bertz CT molecular complexity index is 554. The molecule has 0 aliphatic carbocycles. The average molecular weight is 283 g/mol. The Morgan fingerprint density at radius 1 is 1.37 bits per heavy atom. The van der Waals surface area contributed by atoms with Crippen molar-refractivity contribution in [3.05, 3.63) is 29.6 Å². The molecule has 2 aromatic rings. The maximum absolute atomic E-state index is 6.00. The van der Waals surface area contributed by atoms with Crippen LogP contribution in [0.25, 0.3) is 11.0 Å². The predicted molar refractivity (Wildman–Crippen MR) is 76.7 cm³/mol. The van der Waals surface area contributed by atoms with E-state index in [1.807, 2.05) is 6.07 Å². The van der Waals surface area contributed by atoms with Crippen molar-refractivity contribution in [1.82, 2.24) is 9.55 Å². The summed E-state index contributed by atoms with van der Waals surface area (Å²) in [5.41, 5.74) is 3.25. The van der Waals surface area contributed by atoms with Gasteiger partial charge >= 0.3 is 0 Å². The fourth-order valence-corrected chi connectivity index (χ4v) is 2.43. The van der Waals surface area contributed by atoms with Gasteiger partial charge in [-0.1, -0.05) is 12.1 Å². The summed E-state index contributed by atoms with van der Waals surface area (Å²) in [5.74, 6) is 1.25. The Labute approximate surface area is 118 Å². The van der Waals surface area contributed by atoms with Gasteiger partial charge in [-0.2, -0.15) is 0 Å². The van der Waals surface area contributed by atoms with Gasteiger partial charge in [-0.15, -0.1) is 11.6 Å². The van der Waals surface area contributed by atoms with Crippen LogP contribution in [0.2, 0.25) is 0 Å². The van der Waals surface area contributed by atoms with E-state index in [4.69, 9.17) is 21.1 Å². The lowest BCUT2D eigenvalue weighted by Gasteiger charge is -2.17. The van der Waals surface area contributed by atoms with Crippen molar-refractivity contribution >= 4 is 22.6 Å². The highest BCUT2D eigenvalue weighted by Crippen LogP contribution is 2.21. The molecule has 2 rings (SSSR count). The monoisotopic (exact) mass is 282 g/mol. The summed E-state index contributed by atoms with van der Waals surface area (Å²) in [6.07, 6.45) is -0.00937. The lowest BCUT2D eigenvalue weighted by molar-refractivity contribution is 0.0186. The fraction of sp³-hybridized carbons (Fsp3) is 0.500. The van der Waals surface area contributed by atoms with Crippen LogP contribution in [0.15, 0.2) is 18.2 Å². The zero-order chi connectivity index (χ0) is 13.8. The molecule has 0 bridgehead atoms. The van der Waals surface area contributed by atoms with Gasteiger partial charge in [0.05, 0.1) is 36.2 Å². The molecule has 0 saturated carbocycles. The highest BCUT2D eigenvalue weighted by molar-refractivity contribution is 6.16. The van der Waals surface area contributed by atoms with E-state index in [2.05, 4.69) is 28.6 Å². The number of nitrogens with zero attached hydrogens (tertiary/aromatic N) is 2. The number of aromatic nitrogens is 2. The van der Waals surface area contributed by atoms with E-state index in [0.29, 0.717) is 19.0 Å². The fourth-order valence-electron chi connectivity index (χ4n) is 2.23. The number of hydrogen-bond donors (Lipinski definition) is 0. The van der Waals surface area contributed by atoms with Crippen LogP contribution in [0.5, 0.6) is 0 Å². The quantitative estimate of drug-likeness (QED) is 0.765. The van der Waals surface area contributed by atoms with Crippen LogP contribution in [-0.4, -0.2) is 36.5 Å². The largest absolute Gasteiger partial charge is 0.382 e. The second-order valence-corrected chi connectivity index (χ2v) is 4.80. The van der Waals surface area contributed by atoms with Gasteiger partial charge in [0, 0.05) is 14.2 Å². The number of rotatable bonds is 6. The van der Waals surface area contributed by atoms with Gasteiger partial charge in [0.15, 0.2) is 0 Å². The number of ether oxygens (including phenoxy) is 2. The van der Waals surface area contributed by atoms with Crippen molar-refractivity contribution in [3.63, 3.8) is 0 Å². The van der Waals surface area contributed by atoms with Gasteiger partial charge < -0.3 is 14.0 Å². The molecule has 0 amide bonds. The summed E-state index contributed by atoms with van der Waals surface area (Å²) in [6, 6.07) is 6.15. The summed E-state index contributed by atoms with van der Waals surface area (Å²) in [5, 5.41) is 0. The molecule has 1 unspecified atom stereocenters. The van der Waals surface area contributed by atoms with Gasteiger partial charge in [0.1, 0.15) is 5.82 Å². The van der Waals surface area contributed by atoms with Crippen molar-refractivity contribution in [2.75, 3.05) is 20.8 Å². The summed E-state index contributed by atoms with van der Waals surface area (Å²) in [4.78, 5) is 4.61. The minimum absolute atomic E-state index is 0.00937. The van der Waals surface area contributed by atoms with Crippen molar-refractivity contribution in [3.8, 4) is 0 Å². The predicted octanol–water partition coefficient (Wildman–Crippen LogP) is 2.74. The molecule has 1 aromatic carbocycles. The number of alkyl halides is 1. The zero-order valence-corrected chi connectivity index (χ0v) is 12.3. The van der Waals surface area contributed by atoms with E-state index in [1.54, 1.807) is 14.2 Å². The number of methoxy groups -OCH3 is 2. The van der Waals surface area contributed by atoms with Crippen LogP contribution in [-0.2, 0) is 21.9 Å². The van der Waals surface area contributed by atoms with Gasteiger partial charge in [-0.3, -0.25) is 0 Å². The highest BCUT2D eigenvalue weighted by atomic mass is 35.5. The van der Waals surface area contributed by atoms with E-state index in [-0.39, 0.29) is 6.10 Å². The molecular formula is C14H19ClN2O2. The minimum atomic E-state index is -0.00937. The smallest absolute Gasteiger partial charge is 0.124 e. The maximum atomic E-state index is 6.00. The lowest BCUT2D eigenvalue weighted by Crippen LogP contribution is -2.24. The Kier molecular flexibility index (Phi) is 4.80. The minimum Gasteiger partial charge on any atom is -0.382 e. The SMILES string of the molecule is COCC(Cn1c(CCl)nc2c(C)cccc21)OC. The van der Waals surface area contributed by atoms with E-state index >= 15 is 0 Å². The Balaban J connectivity index is 2.42. The highest BCUT2D eigenvalue weighted by Gasteiger charge is 2.15. The topological polar surface area (TPSA) is 36.3 Å². The second-order valence-electron chi connectivity index (χ2n) is 4.53. The Morgan fingerprint density at radius 2 is 2.16 bits per heavy atom. The summed E-state index contributed by atoms with van der Waals surface area (Å²) in [7, 11) is 3.36. The standard InChI is InChI=1S/C14H19ClN2O2/c1-10-5-4-6-12-14(10)16-13(7-15)17(12)8-11(19-3)9-18-2/h4-6,11H,7-9H2,1-3H3. The molecule has 1 heterocycles. The van der Waals surface area contributed by atoms with Crippen LogP contribution in [0, 0.1) is 6.92 Å². The number of halogens is 1. The summed E-state index contributed by atoms with van der Waals surface area (Å²) < 4.78 is 12.7. The van der Waals surface area contributed by atoms with Crippen LogP contribution in [0.4, 0.5) is 0 Å². The van der Waals surface area contributed by atoms with Crippen molar-refractivity contribution in [2.24, 2.45) is 0 Å². The Morgan fingerprint density at radius 3 is 2.79 bits per heavy atom. The average Bonchev–Trinajstić information content (AvgIpc) is 2.78. The van der Waals surface area contributed by atoms with Crippen molar-refractivity contribution < 1.29 is 9.47 Å². The molecule has 0 aliphatic heterocycles. The van der Waals surface area contributed by atoms with Crippen molar-refractivity contribution in [2.45, 2.75) is 25.5 Å². The molecule has 0 N–H and O–H groups in total. The van der Waals surface area contributed by atoms with E-state index in [1.165, 1.54) is 0 Å². The third-order valence-electron chi connectivity index (χ3n) is 3.25. The molecule has 0 spiro atoms.